The van der Waals surface area contributed by atoms with Crippen LogP contribution in [0.15, 0.2) is 67.0 Å². The zero-order valence-electron chi connectivity index (χ0n) is 16.1. The highest BCUT2D eigenvalue weighted by atomic mass is 35.5. The Bertz CT molecular complexity index is 989. The third-order valence-electron chi connectivity index (χ3n) is 4.57. The fourth-order valence-corrected chi connectivity index (χ4v) is 3.17. The lowest BCUT2D eigenvalue weighted by Crippen LogP contribution is -2.25. The van der Waals surface area contributed by atoms with E-state index in [0.29, 0.717) is 33.2 Å². The highest BCUT2D eigenvalue weighted by Gasteiger charge is 2.27. The maximum absolute atomic E-state index is 12.5. The van der Waals surface area contributed by atoms with Gasteiger partial charge in [-0.05, 0) is 42.5 Å². The lowest BCUT2D eigenvalue weighted by Gasteiger charge is -2.19. The summed E-state index contributed by atoms with van der Waals surface area (Å²) in [4.78, 5) is 16.5. The minimum absolute atomic E-state index is 0.0177. The molecule has 4 nitrogen and oxygen atoms in total. The largest absolute Gasteiger partial charge is 0.457 e. The first-order valence-corrected chi connectivity index (χ1v) is 9.99. The van der Waals surface area contributed by atoms with Gasteiger partial charge in [-0.3, -0.25) is 9.78 Å². The first-order valence-electron chi connectivity index (χ1n) is 9.08. The molecule has 1 atom stereocenters. The second-order valence-electron chi connectivity index (χ2n) is 7.35. The van der Waals surface area contributed by atoms with Crippen molar-refractivity contribution in [1.29, 1.82) is 0 Å². The van der Waals surface area contributed by atoms with Crippen molar-refractivity contribution < 1.29 is 14.6 Å². The van der Waals surface area contributed by atoms with Crippen LogP contribution in [0.5, 0.6) is 11.5 Å². The third kappa shape index (κ3) is 4.96. The molecule has 0 aliphatic heterocycles. The molecule has 0 radical (unpaired) electrons. The van der Waals surface area contributed by atoms with E-state index in [1.807, 2.05) is 13.8 Å². The smallest absolute Gasteiger partial charge is 0.169 e. The fraction of sp³-hybridized carbons (Fsp3) is 0.217. The number of aliphatic hydroxyl groups excluding tert-OH is 1. The van der Waals surface area contributed by atoms with Crippen LogP contribution in [0.25, 0.3) is 0 Å². The van der Waals surface area contributed by atoms with Crippen LogP contribution in [-0.4, -0.2) is 21.8 Å². The number of aliphatic hydroxyl groups is 1. The summed E-state index contributed by atoms with van der Waals surface area (Å²) in [7, 11) is 0. The van der Waals surface area contributed by atoms with Crippen LogP contribution in [0.1, 0.15) is 41.4 Å². The Hall–Kier alpha value is -2.40. The molecule has 0 saturated heterocycles. The molecular weight excluding hydrogens is 409 g/mol. The summed E-state index contributed by atoms with van der Waals surface area (Å²) in [5, 5.41) is 10.9. The fourth-order valence-electron chi connectivity index (χ4n) is 2.77. The van der Waals surface area contributed by atoms with Crippen LogP contribution in [0.2, 0.25) is 5.02 Å². The standard InChI is InChI=1S/C23H21Cl2NO3/c1-23(2,14-24)22(28)15-5-7-17(8-6-15)29-18-9-10-19(20(25)12-18)21(27)16-4-3-11-26-13-16/h3-13,21,27H,14H2,1-2H3. The Labute approximate surface area is 180 Å². The molecule has 1 unspecified atom stereocenters. The number of Topliss-reactive ketones (excluding diaryl/α,β-unsaturated/α-hetero) is 1. The number of hydrogen-bond donors (Lipinski definition) is 1. The first-order chi connectivity index (χ1) is 13.8. The van der Waals surface area contributed by atoms with Gasteiger partial charge in [-0.15, -0.1) is 11.6 Å². The molecule has 6 heteroatoms. The molecule has 1 heterocycles. The highest BCUT2D eigenvalue weighted by Crippen LogP contribution is 2.33. The van der Waals surface area contributed by atoms with Gasteiger partial charge in [0, 0.05) is 40.4 Å². The van der Waals surface area contributed by atoms with Gasteiger partial charge in [0.1, 0.15) is 17.6 Å². The Morgan fingerprint density at radius 3 is 2.41 bits per heavy atom. The Balaban J connectivity index is 1.74. The quantitative estimate of drug-likeness (QED) is 0.366. The van der Waals surface area contributed by atoms with Crippen molar-refractivity contribution in [1.82, 2.24) is 4.98 Å². The summed E-state index contributed by atoms with van der Waals surface area (Å²) in [6, 6.07) is 15.5. The second kappa shape index (κ2) is 8.95. The molecule has 0 bridgehead atoms. The number of hydrogen-bond acceptors (Lipinski definition) is 4. The molecule has 150 valence electrons. The van der Waals surface area contributed by atoms with E-state index in [4.69, 9.17) is 27.9 Å². The van der Waals surface area contributed by atoms with Gasteiger partial charge < -0.3 is 9.84 Å². The Kier molecular flexibility index (Phi) is 6.58. The van der Waals surface area contributed by atoms with Gasteiger partial charge in [0.2, 0.25) is 0 Å². The van der Waals surface area contributed by atoms with Gasteiger partial charge in [-0.25, -0.2) is 0 Å². The second-order valence-corrected chi connectivity index (χ2v) is 8.02. The highest BCUT2D eigenvalue weighted by molar-refractivity contribution is 6.31. The van der Waals surface area contributed by atoms with Gasteiger partial charge in [0.25, 0.3) is 0 Å². The van der Waals surface area contributed by atoms with Crippen molar-refractivity contribution in [3.8, 4) is 11.5 Å². The molecule has 2 aromatic carbocycles. The van der Waals surface area contributed by atoms with E-state index in [2.05, 4.69) is 4.98 Å². The number of rotatable bonds is 7. The molecule has 3 aromatic rings. The van der Waals surface area contributed by atoms with E-state index < -0.39 is 11.5 Å². The molecule has 29 heavy (non-hydrogen) atoms. The average molecular weight is 430 g/mol. The molecule has 1 aromatic heterocycles. The number of alkyl halides is 1. The number of pyridine rings is 1. The lowest BCUT2D eigenvalue weighted by atomic mass is 9.86. The molecule has 0 amide bonds. The molecule has 0 aliphatic carbocycles. The summed E-state index contributed by atoms with van der Waals surface area (Å²) < 4.78 is 5.83. The van der Waals surface area contributed by atoms with E-state index in [9.17, 15) is 9.90 Å². The van der Waals surface area contributed by atoms with E-state index in [0.717, 1.165) is 0 Å². The SMILES string of the molecule is CC(C)(CCl)C(=O)c1ccc(Oc2ccc(C(O)c3cccnc3)c(Cl)c2)cc1. The number of carbonyl (C=O) groups excluding carboxylic acids is 1. The maximum Gasteiger partial charge on any atom is 0.169 e. The predicted octanol–water partition coefficient (Wildman–Crippen LogP) is 6.06. The number of ketones is 1. The normalized spacial score (nSPS) is 12.4. The molecule has 1 N–H and O–H groups in total. The zero-order chi connectivity index (χ0) is 21.0. The summed E-state index contributed by atoms with van der Waals surface area (Å²) in [5.41, 5.74) is 1.18. The summed E-state index contributed by atoms with van der Waals surface area (Å²) in [6.45, 7) is 3.63. The predicted molar refractivity (Wildman–Crippen MR) is 115 cm³/mol. The van der Waals surface area contributed by atoms with Crippen LogP contribution in [0.3, 0.4) is 0 Å². The minimum atomic E-state index is -0.874. The lowest BCUT2D eigenvalue weighted by molar-refractivity contribution is 0.0862. The number of halogens is 2. The number of aromatic nitrogens is 1. The summed E-state index contributed by atoms with van der Waals surface area (Å²) in [6.07, 6.45) is 2.37. The van der Waals surface area contributed by atoms with Gasteiger partial charge in [0.15, 0.2) is 5.78 Å². The monoisotopic (exact) mass is 429 g/mol. The van der Waals surface area contributed by atoms with Crippen LogP contribution < -0.4 is 4.74 Å². The molecule has 0 saturated carbocycles. The van der Waals surface area contributed by atoms with Crippen molar-refractivity contribution in [2.75, 3.05) is 5.88 Å². The van der Waals surface area contributed by atoms with Crippen molar-refractivity contribution >= 4 is 29.0 Å². The van der Waals surface area contributed by atoms with Crippen LogP contribution in [-0.2, 0) is 0 Å². The number of benzene rings is 2. The van der Waals surface area contributed by atoms with Gasteiger partial charge in [0.05, 0.1) is 5.02 Å². The summed E-state index contributed by atoms with van der Waals surface area (Å²) in [5.74, 6) is 1.33. The zero-order valence-corrected chi connectivity index (χ0v) is 17.6. The first kappa shape index (κ1) is 21.3. The Morgan fingerprint density at radius 2 is 1.83 bits per heavy atom. The average Bonchev–Trinajstić information content (AvgIpc) is 2.74. The van der Waals surface area contributed by atoms with Crippen molar-refractivity contribution in [2.45, 2.75) is 20.0 Å². The van der Waals surface area contributed by atoms with Gasteiger partial charge >= 0.3 is 0 Å². The molecule has 0 fully saturated rings. The maximum atomic E-state index is 12.5. The van der Waals surface area contributed by atoms with Gasteiger partial charge in [-0.1, -0.05) is 37.6 Å². The number of ether oxygens (including phenoxy) is 1. The molecule has 0 spiro atoms. The molecular formula is C23H21Cl2NO3. The van der Waals surface area contributed by atoms with E-state index in [-0.39, 0.29) is 11.7 Å². The van der Waals surface area contributed by atoms with Gasteiger partial charge in [-0.2, -0.15) is 0 Å². The minimum Gasteiger partial charge on any atom is -0.457 e. The molecule has 3 rings (SSSR count). The van der Waals surface area contributed by atoms with E-state index >= 15 is 0 Å². The van der Waals surface area contributed by atoms with Crippen LogP contribution in [0, 0.1) is 5.41 Å². The number of nitrogens with zero attached hydrogens (tertiary/aromatic N) is 1. The van der Waals surface area contributed by atoms with Crippen molar-refractivity contribution in [3.05, 3.63) is 88.7 Å². The van der Waals surface area contributed by atoms with Crippen molar-refractivity contribution in [2.24, 2.45) is 5.41 Å². The van der Waals surface area contributed by atoms with Crippen molar-refractivity contribution in [3.63, 3.8) is 0 Å². The van der Waals surface area contributed by atoms with Crippen LogP contribution in [0.4, 0.5) is 0 Å². The number of carbonyl (C=O) groups is 1. The van der Waals surface area contributed by atoms with E-state index in [1.165, 1.54) is 0 Å². The van der Waals surface area contributed by atoms with E-state index in [1.54, 1.807) is 67.0 Å². The molecule has 0 aliphatic rings. The van der Waals surface area contributed by atoms with Crippen LogP contribution >= 0.6 is 23.2 Å². The Morgan fingerprint density at radius 1 is 1.14 bits per heavy atom. The summed E-state index contributed by atoms with van der Waals surface area (Å²) >= 11 is 12.2. The third-order valence-corrected chi connectivity index (χ3v) is 5.56. The topological polar surface area (TPSA) is 59.4 Å².